The quantitative estimate of drug-likeness (QED) is 0.278. The van der Waals surface area contributed by atoms with E-state index in [2.05, 4.69) is 13.0 Å². The molecular formula is C33H37FO4. The summed E-state index contributed by atoms with van der Waals surface area (Å²) in [6.07, 6.45) is 6.91. The smallest absolute Gasteiger partial charge is 0.303 e. The van der Waals surface area contributed by atoms with Crippen molar-refractivity contribution in [1.82, 2.24) is 0 Å². The Morgan fingerprint density at radius 2 is 1.84 bits per heavy atom. The van der Waals surface area contributed by atoms with Gasteiger partial charge in [-0.15, -0.1) is 0 Å². The van der Waals surface area contributed by atoms with E-state index in [1.54, 1.807) is 19.2 Å². The van der Waals surface area contributed by atoms with E-state index in [4.69, 9.17) is 9.47 Å². The van der Waals surface area contributed by atoms with Crippen LogP contribution in [0, 0.1) is 17.7 Å². The van der Waals surface area contributed by atoms with Gasteiger partial charge in [-0.25, -0.2) is 4.39 Å². The van der Waals surface area contributed by atoms with Crippen LogP contribution in [0.3, 0.4) is 0 Å². The van der Waals surface area contributed by atoms with Crippen LogP contribution in [0.5, 0.6) is 11.5 Å². The number of carboxylic acid groups (broad SMARTS) is 1. The highest BCUT2D eigenvalue weighted by Gasteiger charge is 2.29. The molecule has 0 bridgehead atoms. The Morgan fingerprint density at radius 3 is 2.55 bits per heavy atom. The molecule has 5 heteroatoms. The molecule has 0 unspecified atom stereocenters. The normalized spacial score (nSPS) is 19.8. The molecule has 0 heterocycles. The summed E-state index contributed by atoms with van der Waals surface area (Å²) in [4.78, 5) is 11.5. The van der Waals surface area contributed by atoms with Gasteiger partial charge in [0.15, 0.2) is 0 Å². The minimum atomic E-state index is -0.761. The Hall–Kier alpha value is -3.34. The Labute approximate surface area is 224 Å². The minimum absolute atomic E-state index is 0.0102. The molecule has 2 aliphatic rings. The lowest BCUT2D eigenvalue weighted by Crippen LogP contribution is -2.08. The summed E-state index contributed by atoms with van der Waals surface area (Å²) in [6.45, 7) is 2.68. The lowest BCUT2D eigenvalue weighted by atomic mass is 9.84. The molecule has 0 aromatic heterocycles. The summed E-state index contributed by atoms with van der Waals surface area (Å²) < 4.78 is 26.6. The summed E-state index contributed by atoms with van der Waals surface area (Å²) in [6, 6.07) is 19.0. The van der Waals surface area contributed by atoms with Crippen LogP contribution in [0.25, 0.3) is 11.1 Å². The molecule has 0 amide bonds. The molecule has 0 saturated heterocycles. The first kappa shape index (κ1) is 26.3. The maximum Gasteiger partial charge on any atom is 0.303 e. The number of halogens is 1. The number of hydrogen-bond acceptors (Lipinski definition) is 3. The zero-order valence-electron chi connectivity index (χ0n) is 22.3. The standard InChI is InChI=1S/C33H37FO4/c1-21-5-3-8-28(21)30-16-23(11-13-29(30)31-19-26(37-2)12-14-32(31)34)20-38-27-7-4-6-24(17-27)25(18-33(35)36)15-22-9-10-22/h4,6-7,11-14,16-17,19,21-22,25,28H,3,5,8-10,15,18,20H2,1-2H3,(H,35,36)/t21-,25-,28-/m1/s1. The first-order valence-corrected chi connectivity index (χ1v) is 13.8. The first-order chi connectivity index (χ1) is 18.4. The van der Waals surface area contributed by atoms with Gasteiger partial charge in [0.25, 0.3) is 0 Å². The van der Waals surface area contributed by atoms with Crippen molar-refractivity contribution in [3.05, 3.63) is 83.2 Å². The molecule has 0 radical (unpaired) electrons. The van der Waals surface area contributed by atoms with Gasteiger partial charge in [0, 0.05) is 5.56 Å². The highest BCUT2D eigenvalue weighted by atomic mass is 19.1. The Bertz CT molecular complexity index is 1280. The number of methoxy groups -OCH3 is 1. The molecule has 2 aliphatic carbocycles. The highest BCUT2D eigenvalue weighted by Crippen LogP contribution is 2.44. The molecule has 5 rings (SSSR count). The number of hydrogen-bond donors (Lipinski definition) is 1. The van der Waals surface area contributed by atoms with E-state index in [9.17, 15) is 14.3 Å². The maximum atomic E-state index is 15.0. The largest absolute Gasteiger partial charge is 0.497 e. The fourth-order valence-electron chi connectivity index (χ4n) is 6.03. The van der Waals surface area contributed by atoms with Gasteiger partial charge < -0.3 is 14.6 Å². The first-order valence-electron chi connectivity index (χ1n) is 13.8. The van der Waals surface area contributed by atoms with E-state index in [1.165, 1.54) is 37.3 Å². The van der Waals surface area contributed by atoms with Crippen molar-refractivity contribution < 1.29 is 23.8 Å². The van der Waals surface area contributed by atoms with Crippen molar-refractivity contribution in [3.8, 4) is 22.6 Å². The van der Waals surface area contributed by atoms with Crippen molar-refractivity contribution >= 4 is 5.97 Å². The predicted molar refractivity (Wildman–Crippen MR) is 147 cm³/mol. The molecule has 0 spiro atoms. The minimum Gasteiger partial charge on any atom is -0.497 e. The van der Waals surface area contributed by atoms with Crippen molar-refractivity contribution in [1.29, 1.82) is 0 Å². The lowest BCUT2D eigenvalue weighted by Gasteiger charge is -2.22. The summed E-state index contributed by atoms with van der Waals surface area (Å²) in [7, 11) is 1.60. The Kier molecular flexibility index (Phi) is 8.01. The van der Waals surface area contributed by atoms with Crippen LogP contribution in [0.15, 0.2) is 60.7 Å². The molecule has 38 heavy (non-hydrogen) atoms. The van der Waals surface area contributed by atoms with Crippen LogP contribution in [-0.2, 0) is 11.4 Å². The number of rotatable bonds is 11. The van der Waals surface area contributed by atoms with E-state index >= 15 is 0 Å². The average Bonchev–Trinajstić information content (AvgIpc) is 3.64. The molecule has 1 N–H and O–H groups in total. The third-order valence-corrected chi connectivity index (χ3v) is 8.31. The fraction of sp³-hybridized carbons (Fsp3) is 0.424. The van der Waals surface area contributed by atoms with Crippen LogP contribution in [-0.4, -0.2) is 18.2 Å². The Morgan fingerprint density at radius 1 is 1.00 bits per heavy atom. The van der Waals surface area contributed by atoms with Crippen molar-refractivity contribution in [2.75, 3.05) is 7.11 Å². The predicted octanol–water partition coefficient (Wildman–Crippen LogP) is 8.34. The molecule has 2 fully saturated rings. The molecule has 0 aliphatic heterocycles. The van der Waals surface area contributed by atoms with Crippen molar-refractivity contribution in [2.45, 2.75) is 70.3 Å². The lowest BCUT2D eigenvalue weighted by molar-refractivity contribution is -0.137. The second-order valence-corrected chi connectivity index (χ2v) is 11.1. The highest BCUT2D eigenvalue weighted by molar-refractivity contribution is 5.71. The fourth-order valence-corrected chi connectivity index (χ4v) is 6.03. The molecule has 4 nitrogen and oxygen atoms in total. The van der Waals surface area contributed by atoms with Gasteiger partial charge in [0.05, 0.1) is 13.5 Å². The van der Waals surface area contributed by atoms with Crippen LogP contribution in [0.1, 0.15) is 80.4 Å². The topological polar surface area (TPSA) is 55.8 Å². The summed E-state index contributed by atoms with van der Waals surface area (Å²) >= 11 is 0. The molecule has 3 atom stereocenters. The van der Waals surface area contributed by atoms with Crippen LogP contribution in [0.2, 0.25) is 0 Å². The average molecular weight is 517 g/mol. The van der Waals surface area contributed by atoms with Crippen molar-refractivity contribution in [2.24, 2.45) is 11.8 Å². The van der Waals surface area contributed by atoms with Gasteiger partial charge in [-0.1, -0.05) is 62.9 Å². The summed E-state index contributed by atoms with van der Waals surface area (Å²) in [5, 5.41) is 9.42. The van der Waals surface area contributed by atoms with E-state index in [1.807, 2.05) is 36.4 Å². The van der Waals surface area contributed by atoms with Gasteiger partial charge in [-0.3, -0.25) is 4.79 Å². The number of ether oxygens (including phenoxy) is 2. The third kappa shape index (κ3) is 6.20. The van der Waals surface area contributed by atoms with Gasteiger partial charge in [0.1, 0.15) is 23.9 Å². The van der Waals surface area contributed by atoms with Gasteiger partial charge >= 0.3 is 5.97 Å². The summed E-state index contributed by atoms with van der Waals surface area (Å²) in [5.74, 6) is 1.94. The number of aliphatic carboxylic acids is 1. The monoisotopic (exact) mass is 516 g/mol. The zero-order valence-corrected chi connectivity index (χ0v) is 22.3. The van der Waals surface area contributed by atoms with Gasteiger partial charge in [-0.05, 0) is 89.1 Å². The number of benzene rings is 3. The van der Waals surface area contributed by atoms with E-state index < -0.39 is 5.97 Å². The van der Waals surface area contributed by atoms with Crippen LogP contribution in [0.4, 0.5) is 4.39 Å². The van der Waals surface area contributed by atoms with E-state index in [0.29, 0.717) is 35.7 Å². The molecule has 2 saturated carbocycles. The molecule has 3 aromatic carbocycles. The van der Waals surface area contributed by atoms with Gasteiger partial charge in [-0.2, -0.15) is 0 Å². The van der Waals surface area contributed by atoms with Crippen molar-refractivity contribution in [3.63, 3.8) is 0 Å². The second-order valence-electron chi connectivity index (χ2n) is 11.1. The number of carbonyl (C=O) groups is 1. The van der Waals surface area contributed by atoms with E-state index in [-0.39, 0.29) is 18.2 Å². The molecule has 3 aromatic rings. The summed E-state index contributed by atoms with van der Waals surface area (Å²) in [5.41, 5.74) is 4.72. The maximum absolute atomic E-state index is 15.0. The molecular weight excluding hydrogens is 479 g/mol. The SMILES string of the molecule is COc1ccc(F)c(-c2ccc(COc3cccc([C@@H](CC(=O)O)CC4CC4)c3)cc2[C@@H]2CCC[C@H]2C)c1. The third-order valence-electron chi connectivity index (χ3n) is 8.31. The van der Waals surface area contributed by atoms with Gasteiger partial charge in [0.2, 0.25) is 0 Å². The zero-order chi connectivity index (χ0) is 26.6. The van der Waals surface area contributed by atoms with Crippen LogP contribution < -0.4 is 9.47 Å². The van der Waals surface area contributed by atoms with E-state index in [0.717, 1.165) is 35.3 Å². The Balaban J connectivity index is 1.39. The molecule has 200 valence electrons. The van der Waals surface area contributed by atoms with Crippen LogP contribution >= 0.6 is 0 Å². The second kappa shape index (κ2) is 11.6. The number of carboxylic acids is 1.